The Bertz CT molecular complexity index is 221. The molecule has 1 fully saturated rings. The first-order valence-corrected chi connectivity index (χ1v) is 6.99. The molecule has 100 valence electrons. The van der Waals surface area contributed by atoms with E-state index in [2.05, 4.69) is 6.92 Å². The van der Waals surface area contributed by atoms with E-state index in [0.717, 1.165) is 25.7 Å². The molecule has 0 saturated heterocycles. The van der Waals surface area contributed by atoms with Crippen LogP contribution in [0.25, 0.3) is 0 Å². The molecule has 4 nitrogen and oxygen atoms in total. The topological polar surface area (TPSA) is 52.4 Å². The van der Waals surface area contributed by atoms with Gasteiger partial charge in [-0.25, -0.2) is 0 Å². The van der Waals surface area contributed by atoms with Crippen molar-refractivity contribution in [2.45, 2.75) is 77.2 Å². The van der Waals surface area contributed by atoms with Crippen LogP contribution in [0.4, 0.5) is 0 Å². The summed E-state index contributed by atoms with van der Waals surface area (Å²) in [5.74, 6) is 0.673. The minimum Gasteiger partial charge on any atom is -0.311 e. The van der Waals surface area contributed by atoms with Gasteiger partial charge in [0.15, 0.2) is 0 Å². The van der Waals surface area contributed by atoms with E-state index in [4.69, 9.17) is 4.84 Å². The Morgan fingerprint density at radius 1 is 0.941 bits per heavy atom. The zero-order valence-corrected chi connectivity index (χ0v) is 10.9. The maximum atomic E-state index is 10.4. The van der Waals surface area contributed by atoms with E-state index in [1.54, 1.807) is 0 Å². The van der Waals surface area contributed by atoms with Crippen LogP contribution in [0.3, 0.4) is 0 Å². The molecule has 0 aromatic carbocycles. The highest BCUT2D eigenvalue weighted by molar-refractivity contribution is 4.63. The highest BCUT2D eigenvalue weighted by Crippen LogP contribution is 2.22. The summed E-state index contributed by atoms with van der Waals surface area (Å²) in [6.45, 7) is 2.25. The predicted octanol–water partition coefficient (Wildman–Crippen LogP) is 4.11. The molecule has 1 rings (SSSR count). The largest absolute Gasteiger partial charge is 0.311 e. The Kier molecular flexibility index (Phi) is 6.97. The molecule has 1 saturated carbocycles. The lowest BCUT2D eigenvalue weighted by molar-refractivity contribution is -0.769. The van der Waals surface area contributed by atoms with Crippen molar-refractivity contribution in [1.29, 1.82) is 0 Å². The Morgan fingerprint density at radius 3 is 2.18 bits per heavy atom. The van der Waals surface area contributed by atoms with Gasteiger partial charge in [-0.05, 0) is 25.2 Å². The van der Waals surface area contributed by atoms with Gasteiger partial charge in [-0.2, -0.15) is 0 Å². The molecule has 1 aliphatic rings. The summed E-state index contributed by atoms with van der Waals surface area (Å²) in [5.41, 5.74) is 0. The number of hydrogen-bond donors (Lipinski definition) is 0. The lowest BCUT2D eigenvalue weighted by atomic mass is 9.93. The van der Waals surface area contributed by atoms with Gasteiger partial charge >= 0.3 is 0 Å². The summed E-state index contributed by atoms with van der Waals surface area (Å²) in [5, 5.41) is 9.78. The predicted molar refractivity (Wildman–Crippen MR) is 67.2 cm³/mol. The summed E-state index contributed by atoms with van der Waals surface area (Å²) < 4.78 is 0. The smallest absolute Gasteiger partial charge is 0.294 e. The van der Waals surface area contributed by atoms with E-state index in [1.165, 1.54) is 38.5 Å². The van der Waals surface area contributed by atoms with Crippen molar-refractivity contribution in [2.75, 3.05) is 0 Å². The molecular formula is C13H25NO3. The van der Waals surface area contributed by atoms with Crippen molar-refractivity contribution in [3.63, 3.8) is 0 Å². The second kappa shape index (κ2) is 8.31. The molecule has 0 heterocycles. The summed E-state index contributed by atoms with van der Waals surface area (Å²) in [7, 11) is 0. The Hall–Kier alpha value is -0.800. The number of nitrogens with zero attached hydrogens (tertiary/aromatic N) is 1. The van der Waals surface area contributed by atoms with Crippen LogP contribution in [-0.2, 0) is 4.84 Å². The lowest BCUT2D eigenvalue weighted by Gasteiger charge is -2.18. The van der Waals surface area contributed by atoms with Gasteiger partial charge in [0, 0.05) is 0 Å². The summed E-state index contributed by atoms with van der Waals surface area (Å²) >= 11 is 0. The first kappa shape index (κ1) is 14.3. The molecule has 2 unspecified atom stereocenters. The van der Waals surface area contributed by atoms with Crippen LogP contribution in [-0.4, -0.2) is 11.2 Å². The highest BCUT2D eigenvalue weighted by atomic mass is 17.0. The third kappa shape index (κ3) is 7.18. The third-order valence-electron chi connectivity index (χ3n) is 3.69. The molecule has 1 aliphatic carbocycles. The molecule has 17 heavy (non-hydrogen) atoms. The van der Waals surface area contributed by atoms with E-state index in [-0.39, 0.29) is 6.10 Å². The van der Waals surface area contributed by atoms with Crippen LogP contribution in [0.5, 0.6) is 0 Å². The van der Waals surface area contributed by atoms with Crippen molar-refractivity contribution in [1.82, 2.24) is 0 Å². The Morgan fingerprint density at radius 2 is 1.53 bits per heavy atom. The molecule has 4 heteroatoms. The van der Waals surface area contributed by atoms with Gasteiger partial charge in [-0.3, -0.25) is 0 Å². The third-order valence-corrected chi connectivity index (χ3v) is 3.69. The van der Waals surface area contributed by atoms with Crippen molar-refractivity contribution in [3.05, 3.63) is 10.1 Å². The summed E-state index contributed by atoms with van der Waals surface area (Å²) in [6.07, 6.45) is 11.3. The Labute approximate surface area is 104 Å². The number of hydrogen-bond acceptors (Lipinski definition) is 3. The van der Waals surface area contributed by atoms with Crippen molar-refractivity contribution in [3.8, 4) is 0 Å². The first-order chi connectivity index (χ1) is 8.18. The SMILES string of the molecule is CC1CCCCCCCCC(O[N+](=O)[O-])CC1. The highest BCUT2D eigenvalue weighted by Gasteiger charge is 2.15. The van der Waals surface area contributed by atoms with Crippen LogP contribution in [0.15, 0.2) is 0 Å². The molecule has 0 radical (unpaired) electrons. The maximum Gasteiger partial charge on any atom is 0.294 e. The molecule has 0 bridgehead atoms. The van der Waals surface area contributed by atoms with E-state index < -0.39 is 5.09 Å². The Balaban J connectivity index is 2.37. The molecule has 0 amide bonds. The second-order valence-electron chi connectivity index (χ2n) is 5.33. The molecule has 2 atom stereocenters. The summed E-state index contributed by atoms with van der Waals surface area (Å²) in [4.78, 5) is 15.2. The van der Waals surface area contributed by atoms with E-state index in [9.17, 15) is 10.1 Å². The fourth-order valence-corrected chi connectivity index (χ4v) is 2.56. The first-order valence-electron chi connectivity index (χ1n) is 6.99. The monoisotopic (exact) mass is 243 g/mol. The zero-order valence-electron chi connectivity index (χ0n) is 10.9. The van der Waals surface area contributed by atoms with Crippen LogP contribution in [0.1, 0.15) is 71.1 Å². The molecule has 0 aromatic rings. The fourth-order valence-electron chi connectivity index (χ4n) is 2.56. The van der Waals surface area contributed by atoms with Crippen LogP contribution < -0.4 is 0 Å². The van der Waals surface area contributed by atoms with Crippen LogP contribution in [0, 0.1) is 16.0 Å². The molecular weight excluding hydrogens is 218 g/mol. The van der Waals surface area contributed by atoms with Crippen molar-refractivity contribution >= 4 is 0 Å². The maximum absolute atomic E-state index is 10.4. The van der Waals surface area contributed by atoms with Crippen LogP contribution >= 0.6 is 0 Å². The van der Waals surface area contributed by atoms with Gasteiger partial charge in [0.2, 0.25) is 0 Å². The zero-order chi connectivity index (χ0) is 12.5. The van der Waals surface area contributed by atoms with Gasteiger partial charge in [0.25, 0.3) is 5.09 Å². The fraction of sp³-hybridized carbons (Fsp3) is 1.00. The standard InChI is InChI=1S/C13H25NO3/c1-12-8-6-4-2-3-5-7-9-13(11-10-12)17-14(15)16/h12-13H,2-11H2,1H3. The lowest BCUT2D eigenvalue weighted by Crippen LogP contribution is -2.18. The van der Waals surface area contributed by atoms with Crippen molar-refractivity contribution < 1.29 is 9.92 Å². The van der Waals surface area contributed by atoms with E-state index in [1.807, 2.05) is 0 Å². The van der Waals surface area contributed by atoms with E-state index in [0.29, 0.717) is 5.92 Å². The van der Waals surface area contributed by atoms with Gasteiger partial charge in [-0.15, -0.1) is 10.1 Å². The number of rotatable bonds is 2. The average molecular weight is 243 g/mol. The molecule has 0 spiro atoms. The van der Waals surface area contributed by atoms with Crippen molar-refractivity contribution in [2.24, 2.45) is 5.92 Å². The van der Waals surface area contributed by atoms with Gasteiger partial charge < -0.3 is 4.84 Å². The second-order valence-corrected chi connectivity index (χ2v) is 5.33. The van der Waals surface area contributed by atoms with Gasteiger partial charge in [0.1, 0.15) is 6.10 Å². The minimum atomic E-state index is -0.624. The van der Waals surface area contributed by atoms with Gasteiger partial charge in [-0.1, -0.05) is 51.9 Å². The van der Waals surface area contributed by atoms with E-state index >= 15 is 0 Å². The molecule has 0 aromatic heterocycles. The quantitative estimate of drug-likeness (QED) is 0.541. The average Bonchev–Trinajstić information content (AvgIpc) is 2.26. The molecule has 0 aliphatic heterocycles. The van der Waals surface area contributed by atoms with Gasteiger partial charge in [0.05, 0.1) is 0 Å². The normalized spacial score (nSPS) is 28.8. The minimum absolute atomic E-state index is 0.174. The van der Waals surface area contributed by atoms with Crippen LogP contribution in [0.2, 0.25) is 0 Å². The molecule has 0 N–H and O–H groups in total. The summed E-state index contributed by atoms with van der Waals surface area (Å²) in [6, 6.07) is 0.